The van der Waals surface area contributed by atoms with Gasteiger partial charge in [0.2, 0.25) is 0 Å². The Bertz CT molecular complexity index is 2550. The van der Waals surface area contributed by atoms with Gasteiger partial charge in [-0.25, -0.2) is 39.5 Å². The lowest BCUT2D eigenvalue weighted by Crippen LogP contribution is -2.26. The van der Waals surface area contributed by atoms with E-state index in [2.05, 4.69) is 58.0 Å². The summed E-state index contributed by atoms with van der Waals surface area (Å²) in [6.45, 7) is 2.67. The number of nitrogens with one attached hydrogen (secondary N) is 3. The number of nitrogens with zero attached hydrogens (tertiary/aromatic N) is 6. The van der Waals surface area contributed by atoms with Crippen molar-refractivity contribution in [1.82, 2.24) is 40.5 Å². The van der Waals surface area contributed by atoms with E-state index in [4.69, 9.17) is 26.8 Å². The van der Waals surface area contributed by atoms with Crippen molar-refractivity contribution < 1.29 is 19.1 Å². The van der Waals surface area contributed by atoms with Gasteiger partial charge in [0.25, 0.3) is 0 Å². The third-order valence-corrected chi connectivity index (χ3v) is 10.8. The molecule has 4 aromatic heterocycles. The lowest BCUT2D eigenvalue weighted by molar-refractivity contribution is 0.139. The van der Waals surface area contributed by atoms with Crippen molar-refractivity contribution in [3.05, 3.63) is 171 Å². The number of anilines is 1. The largest absolute Gasteiger partial charge is 0.445 e. The number of halogens is 1. The molecule has 0 atom stereocenters. The van der Waals surface area contributed by atoms with Gasteiger partial charge in [-0.2, -0.15) is 0 Å². The topological polar surface area (TPSA) is 192 Å². The van der Waals surface area contributed by atoms with Crippen LogP contribution in [0.4, 0.5) is 15.4 Å². The van der Waals surface area contributed by atoms with Crippen LogP contribution in [0.1, 0.15) is 32.3 Å². The minimum Gasteiger partial charge on any atom is -0.445 e. The summed E-state index contributed by atoms with van der Waals surface area (Å²) in [5.41, 5.74) is 10.9. The Balaban J connectivity index is 0.000000177. The molecule has 0 aliphatic carbocycles. The zero-order valence-corrected chi connectivity index (χ0v) is 35.3. The molecular weight excluding hydrogens is 832 g/mol. The number of nitrogens with two attached hydrogens (primary N) is 1. The number of ether oxygens (including phenoxy) is 2. The van der Waals surface area contributed by atoms with E-state index >= 15 is 0 Å². The van der Waals surface area contributed by atoms with E-state index in [0.717, 1.165) is 41.9 Å². The number of carbonyl (C=O) groups is 2. The highest BCUT2D eigenvalue weighted by Gasteiger charge is 2.12. The Morgan fingerprint density at radius 3 is 1.49 bits per heavy atom. The Hall–Kier alpha value is -6.59. The first-order chi connectivity index (χ1) is 29.9. The Morgan fingerprint density at radius 2 is 1.02 bits per heavy atom. The van der Waals surface area contributed by atoms with E-state index < -0.39 is 12.2 Å². The highest BCUT2D eigenvalue weighted by molar-refractivity contribution is 7.18. The van der Waals surface area contributed by atoms with Gasteiger partial charge in [-0.1, -0.05) is 156 Å². The van der Waals surface area contributed by atoms with Gasteiger partial charge in [-0.15, -0.1) is 0 Å². The average molecular weight is 875 g/mol. The van der Waals surface area contributed by atoms with Crippen molar-refractivity contribution in [2.24, 2.45) is 5.73 Å². The van der Waals surface area contributed by atoms with Crippen molar-refractivity contribution in [3.63, 3.8) is 0 Å². The third kappa shape index (κ3) is 14.6. The quantitative estimate of drug-likeness (QED) is 0.0763. The molecule has 312 valence electrons. The van der Waals surface area contributed by atoms with Crippen LogP contribution in [0, 0.1) is 0 Å². The zero-order chi connectivity index (χ0) is 42.5. The van der Waals surface area contributed by atoms with Gasteiger partial charge in [-0.05, 0) is 22.3 Å². The number of amides is 2. The van der Waals surface area contributed by atoms with Crippen LogP contribution >= 0.6 is 34.3 Å². The molecule has 4 aromatic carbocycles. The van der Waals surface area contributed by atoms with Crippen LogP contribution in [-0.2, 0) is 48.6 Å². The lowest BCUT2D eigenvalue weighted by atomic mass is 10.2. The molecule has 14 nitrogen and oxygen atoms in total. The van der Waals surface area contributed by atoms with Gasteiger partial charge < -0.3 is 31.2 Å². The fourth-order valence-electron chi connectivity index (χ4n) is 5.40. The van der Waals surface area contributed by atoms with Gasteiger partial charge in [0.05, 0.1) is 10.0 Å². The summed E-state index contributed by atoms with van der Waals surface area (Å²) in [6.07, 6.45) is 3.23. The third-order valence-electron chi connectivity index (χ3n) is 8.46. The molecule has 0 fully saturated rings. The molecule has 0 aliphatic heterocycles. The molecule has 17 heteroatoms. The summed E-state index contributed by atoms with van der Waals surface area (Å²) in [5.74, 6) is 0.710. The highest BCUT2D eigenvalue weighted by atomic mass is 35.5. The number of hydrogen-bond acceptors (Lipinski definition) is 14. The van der Waals surface area contributed by atoms with E-state index in [1.54, 1.807) is 0 Å². The fraction of sp³-hybridized carbons (Fsp3) is 0.182. The number of rotatable bonds is 14. The van der Waals surface area contributed by atoms with Crippen molar-refractivity contribution >= 4 is 73.0 Å². The number of fused-ring (bicyclic) bond motifs is 2. The number of carbonyl (C=O) groups excluding carboxylic acids is 2. The smallest absolute Gasteiger partial charge is 0.407 e. The van der Waals surface area contributed by atoms with Crippen molar-refractivity contribution in [2.45, 2.75) is 39.1 Å². The summed E-state index contributed by atoms with van der Waals surface area (Å²) < 4.78 is 10.4. The second-order valence-electron chi connectivity index (χ2n) is 12.9. The Kier molecular flexibility index (Phi) is 17.2. The first-order valence-corrected chi connectivity index (χ1v) is 21.2. The molecule has 0 unspecified atom stereocenters. The highest BCUT2D eigenvalue weighted by Crippen LogP contribution is 2.26. The molecule has 0 aliphatic rings. The number of aromatic nitrogens is 6. The van der Waals surface area contributed by atoms with Crippen molar-refractivity contribution in [1.29, 1.82) is 0 Å². The molecule has 0 spiro atoms. The standard InChI is InChI=1S/C22H21N5O2S.C15H13ClN4O2S.C7H9N/c28-22(29-14-17-9-5-2-6-10-17)23-12-11-18-27-19-20(25-15-26-21(19)30-18)24-13-16-7-3-1-4-8-16;16-13-12-14(19-9-18-13)23-11(20-12)6-7-17-15(21)22-8-10-4-2-1-3-5-10;8-6-7-4-2-1-3-5-7/h1-10,15H,11-14H2,(H,23,28)(H,24,25,26);1-5,9H,6-8H2,(H,17,21);1-5H,6,8H2. The first-order valence-electron chi connectivity index (χ1n) is 19.2. The summed E-state index contributed by atoms with van der Waals surface area (Å²) in [7, 11) is 0. The molecule has 61 heavy (non-hydrogen) atoms. The van der Waals surface area contributed by atoms with E-state index in [1.165, 1.54) is 40.9 Å². The van der Waals surface area contributed by atoms with Crippen molar-refractivity contribution in [2.75, 3.05) is 18.4 Å². The predicted octanol–water partition coefficient (Wildman–Crippen LogP) is 8.52. The molecule has 0 bridgehead atoms. The number of thiazole rings is 2. The molecular formula is C44H43ClN10O4S2. The maximum absolute atomic E-state index is 11.9. The molecule has 2 amide bonds. The minimum absolute atomic E-state index is 0.249. The number of alkyl carbamates (subject to hydrolysis) is 2. The van der Waals surface area contributed by atoms with Gasteiger partial charge in [0, 0.05) is 39.0 Å². The van der Waals surface area contributed by atoms with Gasteiger partial charge in [-0.3, -0.25) is 0 Å². The van der Waals surface area contributed by atoms with E-state index in [-0.39, 0.29) is 13.2 Å². The van der Waals surface area contributed by atoms with Crippen LogP contribution < -0.4 is 21.7 Å². The first kappa shape index (κ1) is 44.0. The molecule has 0 radical (unpaired) electrons. The van der Waals surface area contributed by atoms with E-state index in [9.17, 15) is 9.59 Å². The predicted molar refractivity (Wildman–Crippen MR) is 240 cm³/mol. The summed E-state index contributed by atoms with van der Waals surface area (Å²) in [5, 5.41) is 10.8. The normalized spacial score (nSPS) is 10.5. The lowest BCUT2D eigenvalue weighted by Gasteiger charge is -2.06. The number of hydrogen-bond donors (Lipinski definition) is 4. The SMILES string of the molecule is NCc1ccccc1.O=C(NCCc1nc2c(Cl)ncnc2s1)OCc1ccccc1.O=C(NCCc1nc2c(NCc3ccccc3)ncnc2s1)OCc1ccccc1. The fourth-order valence-corrected chi connectivity index (χ4v) is 7.44. The van der Waals surface area contributed by atoms with Gasteiger partial charge >= 0.3 is 12.2 Å². The summed E-state index contributed by atoms with van der Waals surface area (Å²) in [4.78, 5) is 50.8. The van der Waals surface area contributed by atoms with Gasteiger partial charge in [0.1, 0.15) is 46.6 Å². The van der Waals surface area contributed by atoms with Crippen LogP contribution in [0.25, 0.3) is 20.7 Å². The number of benzene rings is 4. The van der Waals surface area contributed by atoms with Gasteiger partial charge in [0.15, 0.2) is 11.0 Å². The summed E-state index contributed by atoms with van der Waals surface area (Å²) >= 11 is 8.89. The van der Waals surface area contributed by atoms with Crippen LogP contribution in [0.2, 0.25) is 5.15 Å². The average Bonchev–Trinajstić information content (AvgIpc) is 3.94. The van der Waals surface area contributed by atoms with E-state index in [0.29, 0.717) is 55.5 Å². The Morgan fingerprint density at radius 1 is 0.574 bits per heavy atom. The van der Waals surface area contributed by atoms with E-state index in [1.807, 2.05) is 109 Å². The second kappa shape index (κ2) is 23.9. The van der Waals surface area contributed by atoms with Crippen molar-refractivity contribution in [3.8, 4) is 0 Å². The second-order valence-corrected chi connectivity index (χ2v) is 15.4. The van der Waals surface area contributed by atoms with Crippen LogP contribution in [0.5, 0.6) is 0 Å². The summed E-state index contributed by atoms with van der Waals surface area (Å²) in [6, 6.07) is 39.2. The molecule has 0 saturated carbocycles. The molecule has 5 N–H and O–H groups in total. The molecule has 8 rings (SSSR count). The van der Waals surface area contributed by atoms with Crippen LogP contribution in [0.3, 0.4) is 0 Å². The molecule has 8 aromatic rings. The minimum atomic E-state index is -0.451. The van der Waals surface area contributed by atoms with Crippen LogP contribution in [0.15, 0.2) is 134 Å². The molecule has 0 saturated heterocycles. The van der Waals surface area contributed by atoms with Crippen LogP contribution in [-0.4, -0.2) is 55.2 Å². The maximum Gasteiger partial charge on any atom is 0.407 e. The maximum atomic E-state index is 11.9. The molecule has 4 heterocycles. The monoisotopic (exact) mass is 874 g/mol. The zero-order valence-electron chi connectivity index (χ0n) is 32.9. The Labute approximate surface area is 365 Å².